The molecule has 1 aliphatic heterocycles. The van der Waals surface area contributed by atoms with E-state index in [0.29, 0.717) is 31.3 Å². The van der Waals surface area contributed by atoms with E-state index in [-0.39, 0.29) is 11.8 Å². The van der Waals surface area contributed by atoms with Crippen molar-refractivity contribution in [2.45, 2.75) is 32.5 Å². The number of likely N-dealkylation sites (tertiary alicyclic amines) is 1. The molecule has 4 aromatic rings. The third-order valence-corrected chi connectivity index (χ3v) is 6.54. The van der Waals surface area contributed by atoms with E-state index >= 15 is 0 Å². The van der Waals surface area contributed by atoms with Crippen LogP contribution in [0.2, 0.25) is 0 Å². The number of nitrogens with zero attached hydrogens (tertiary/aromatic N) is 4. The zero-order chi connectivity index (χ0) is 23.9. The van der Waals surface area contributed by atoms with E-state index in [1.807, 2.05) is 71.6 Å². The topological polar surface area (TPSA) is 62.5 Å². The summed E-state index contributed by atoms with van der Waals surface area (Å²) in [6.45, 7) is 3.53. The van der Waals surface area contributed by atoms with Crippen molar-refractivity contribution in [3.8, 4) is 11.4 Å². The van der Waals surface area contributed by atoms with Gasteiger partial charge in [0.1, 0.15) is 0 Å². The summed E-state index contributed by atoms with van der Waals surface area (Å²) < 4.78 is 5.49. The molecule has 178 valence electrons. The van der Waals surface area contributed by atoms with E-state index in [2.05, 4.69) is 39.3 Å². The molecule has 0 unspecified atom stereocenters. The van der Waals surface area contributed by atoms with E-state index in [0.717, 1.165) is 42.6 Å². The fraction of sp³-hybridized carbons (Fsp3) is 0.276. The lowest BCUT2D eigenvalue weighted by Gasteiger charge is -2.34. The highest BCUT2D eigenvalue weighted by molar-refractivity contribution is 5.79. The van der Waals surface area contributed by atoms with Crippen molar-refractivity contribution in [2.24, 2.45) is 5.92 Å². The Kier molecular flexibility index (Phi) is 7.29. The van der Waals surface area contributed by atoms with Crippen LogP contribution in [-0.4, -0.2) is 38.9 Å². The van der Waals surface area contributed by atoms with Crippen LogP contribution in [0.3, 0.4) is 0 Å². The van der Waals surface area contributed by atoms with Gasteiger partial charge in [-0.3, -0.25) is 9.69 Å². The molecular formula is C29H30N4O2. The fourth-order valence-corrected chi connectivity index (χ4v) is 4.63. The minimum atomic E-state index is 0.0289. The number of rotatable bonds is 8. The van der Waals surface area contributed by atoms with Crippen molar-refractivity contribution < 1.29 is 9.32 Å². The summed E-state index contributed by atoms with van der Waals surface area (Å²) in [5, 5.41) is 4.12. The quantitative estimate of drug-likeness (QED) is 0.358. The Labute approximate surface area is 206 Å². The first-order valence-electron chi connectivity index (χ1n) is 12.2. The molecule has 2 heterocycles. The van der Waals surface area contributed by atoms with Gasteiger partial charge in [0.25, 0.3) is 0 Å². The second-order valence-corrected chi connectivity index (χ2v) is 9.09. The Balaban J connectivity index is 1.20. The Hall–Kier alpha value is -3.77. The Morgan fingerprint density at radius 2 is 1.37 bits per heavy atom. The third-order valence-electron chi connectivity index (χ3n) is 6.54. The summed E-state index contributed by atoms with van der Waals surface area (Å²) in [7, 11) is 0. The lowest BCUT2D eigenvalue weighted by molar-refractivity contribution is -0.138. The van der Waals surface area contributed by atoms with E-state index in [1.165, 1.54) is 0 Å². The average Bonchev–Trinajstić information content (AvgIpc) is 3.39. The van der Waals surface area contributed by atoms with Crippen LogP contribution in [0.4, 0.5) is 0 Å². The summed E-state index contributed by atoms with van der Waals surface area (Å²) in [5.74, 6) is 1.49. The van der Waals surface area contributed by atoms with Gasteiger partial charge >= 0.3 is 0 Å². The molecule has 35 heavy (non-hydrogen) atoms. The normalized spacial score (nSPS) is 14.6. The molecule has 1 amide bonds. The highest BCUT2D eigenvalue weighted by Gasteiger charge is 2.29. The van der Waals surface area contributed by atoms with Crippen molar-refractivity contribution >= 4 is 5.91 Å². The molecular weight excluding hydrogens is 436 g/mol. The standard InChI is InChI=1S/C29H30N4O2/c34-29(33(20-23-10-4-1-5-11-23)21-24-12-6-2-7-13-24)26-16-18-32(19-17-26)22-27-30-28(31-35-27)25-14-8-3-9-15-25/h1-15,26H,16-22H2. The van der Waals surface area contributed by atoms with Gasteiger partial charge in [-0.05, 0) is 37.1 Å². The molecule has 6 nitrogen and oxygen atoms in total. The van der Waals surface area contributed by atoms with Crippen molar-refractivity contribution in [1.82, 2.24) is 19.9 Å². The Bertz CT molecular complexity index is 1160. The SMILES string of the molecule is O=C(C1CCN(Cc2nc(-c3ccccc3)no2)CC1)N(Cc1ccccc1)Cc1ccccc1. The first kappa shape index (κ1) is 23.0. The molecule has 0 N–H and O–H groups in total. The summed E-state index contributed by atoms with van der Waals surface area (Å²) in [4.78, 5) is 22.5. The minimum absolute atomic E-state index is 0.0289. The fourth-order valence-electron chi connectivity index (χ4n) is 4.63. The van der Waals surface area contributed by atoms with Gasteiger partial charge in [-0.1, -0.05) is 96.2 Å². The largest absolute Gasteiger partial charge is 0.338 e. The molecule has 3 aromatic carbocycles. The predicted molar refractivity (Wildman–Crippen MR) is 135 cm³/mol. The van der Waals surface area contributed by atoms with Crippen LogP contribution in [0.5, 0.6) is 0 Å². The van der Waals surface area contributed by atoms with Crippen molar-refractivity contribution in [1.29, 1.82) is 0 Å². The molecule has 1 aromatic heterocycles. The van der Waals surface area contributed by atoms with Crippen LogP contribution in [0.15, 0.2) is 95.5 Å². The van der Waals surface area contributed by atoms with Crippen molar-refractivity contribution in [2.75, 3.05) is 13.1 Å². The molecule has 1 fully saturated rings. The number of benzene rings is 3. The van der Waals surface area contributed by atoms with E-state index < -0.39 is 0 Å². The minimum Gasteiger partial charge on any atom is -0.338 e. The number of amides is 1. The third kappa shape index (κ3) is 6.03. The van der Waals surface area contributed by atoms with Crippen LogP contribution >= 0.6 is 0 Å². The van der Waals surface area contributed by atoms with Gasteiger partial charge in [-0.25, -0.2) is 0 Å². The average molecular weight is 467 g/mol. The first-order valence-corrected chi connectivity index (χ1v) is 12.2. The van der Waals surface area contributed by atoms with Gasteiger partial charge in [0.05, 0.1) is 6.54 Å². The summed E-state index contributed by atoms with van der Waals surface area (Å²) >= 11 is 0. The van der Waals surface area contributed by atoms with Crippen LogP contribution in [0.1, 0.15) is 29.9 Å². The smallest absolute Gasteiger partial charge is 0.241 e. The monoisotopic (exact) mass is 466 g/mol. The molecule has 0 spiro atoms. The van der Waals surface area contributed by atoms with Gasteiger partial charge in [0.2, 0.25) is 17.6 Å². The lowest BCUT2D eigenvalue weighted by atomic mass is 9.94. The maximum Gasteiger partial charge on any atom is 0.241 e. The number of hydrogen-bond donors (Lipinski definition) is 0. The van der Waals surface area contributed by atoms with E-state index in [4.69, 9.17) is 4.52 Å². The van der Waals surface area contributed by atoms with Crippen LogP contribution in [0.25, 0.3) is 11.4 Å². The Morgan fingerprint density at radius 3 is 1.94 bits per heavy atom. The summed E-state index contributed by atoms with van der Waals surface area (Å²) in [6.07, 6.45) is 1.66. The molecule has 5 rings (SSSR count). The maximum absolute atomic E-state index is 13.6. The zero-order valence-electron chi connectivity index (χ0n) is 19.8. The predicted octanol–water partition coefficient (Wildman–Crippen LogP) is 5.18. The second kappa shape index (κ2) is 11.1. The maximum atomic E-state index is 13.6. The van der Waals surface area contributed by atoms with Crippen LogP contribution in [-0.2, 0) is 24.4 Å². The molecule has 0 aliphatic carbocycles. The number of piperidine rings is 1. The van der Waals surface area contributed by atoms with Crippen LogP contribution in [0, 0.1) is 5.92 Å². The van der Waals surface area contributed by atoms with E-state index in [1.54, 1.807) is 0 Å². The lowest BCUT2D eigenvalue weighted by Crippen LogP contribution is -2.42. The number of aromatic nitrogens is 2. The second-order valence-electron chi connectivity index (χ2n) is 9.09. The molecule has 0 radical (unpaired) electrons. The van der Waals surface area contributed by atoms with Gasteiger partial charge in [-0.2, -0.15) is 4.98 Å². The first-order chi connectivity index (χ1) is 17.2. The number of hydrogen-bond acceptors (Lipinski definition) is 5. The van der Waals surface area contributed by atoms with Crippen molar-refractivity contribution in [3.63, 3.8) is 0 Å². The molecule has 0 bridgehead atoms. The summed E-state index contributed by atoms with van der Waals surface area (Å²) in [6, 6.07) is 30.3. The number of carbonyl (C=O) groups excluding carboxylic acids is 1. The van der Waals surface area contributed by atoms with Crippen molar-refractivity contribution in [3.05, 3.63) is 108 Å². The molecule has 1 aliphatic rings. The number of carbonyl (C=O) groups is 1. The Morgan fingerprint density at radius 1 is 0.829 bits per heavy atom. The van der Waals surface area contributed by atoms with Gasteiger partial charge in [0, 0.05) is 24.6 Å². The summed E-state index contributed by atoms with van der Waals surface area (Å²) in [5.41, 5.74) is 3.25. The molecule has 0 saturated carbocycles. The van der Waals surface area contributed by atoms with Crippen LogP contribution < -0.4 is 0 Å². The molecule has 1 saturated heterocycles. The van der Waals surface area contributed by atoms with Gasteiger partial charge in [0.15, 0.2) is 0 Å². The molecule has 0 atom stereocenters. The highest BCUT2D eigenvalue weighted by Crippen LogP contribution is 2.24. The molecule has 6 heteroatoms. The zero-order valence-corrected chi connectivity index (χ0v) is 19.8. The highest BCUT2D eigenvalue weighted by atomic mass is 16.5. The van der Waals surface area contributed by atoms with Gasteiger partial charge < -0.3 is 9.42 Å². The van der Waals surface area contributed by atoms with Gasteiger partial charge in [-0.15, -0.1) is 0 Å². The van der Waals surface area contributed by atoms with E-state index in [9.17, 15) is 4.79 Å².